The summed E-state index contributed by atoms with van der Waals surface area (Å²) < 4.78 is 26.7. The second-order valence-corrected chi connectivity index (χ2v) is 10.5. The SMILES string of the molecule is CC(C)NCCOCCOCCOCCNC(=O)Cc1ccc(SSCOCCCCOS)cc1. The van der Waals surface area contributed by atoms with Crippen LogP contribution in [0.5, 0.6) is 0 Å². The minimum absolute atomic E-state index is 0.0135. The van der Waals surface area contributed by atoms with Gasteiger partial charge in [0.2, 0.25) is 5.91 Å². The van der Waals surface area contributed by atoms with Crippen molar-refractivity contribution in [2.75, 3.05) is 71.9 Å². The highest BCUT2D eigenvalue weighted by Gasteiger charge is 2.04. The second kappa shape index (κ2) is 23.9. The average molecular weight is 551 g/mol. The van der Waals surface area contributed by atoms with Crippen molar-refractivity contribution in [2.24, 2.45) is 0 Å². The van der Waals surface area contributed by atoms with E-state index in [1.165, 1.54) is 0 Å². The number of amides is 1. The van der Waals surface area contributed by atoms with Gasteiger partial charge in [-0.15, -0.1) is 0 Å². The summed E-state index contributed by atoms with van der Waals surface area (Å²) in [5.41, 5.74) is 0.982. The van der Waals surface area contributed by atoms with Crippen LogP contribution in [0.15, 0.2) is 29.2 Å². The monoisotopic (exact) mass is 550 g/mol. The number of carbonyl (C=O) groups excluding carboxylic acids is 1. The van der Waals surface area contributed by atoms with Gasteiger partial charge in [-0.1, -0.05) is 47.6 Å². The summed E-state index contributed by atoms with van der Waals surface area (Å²) in [4.78, 5) is 13.2. The standard InChI is InChI=1S/C24H42N2O6S3/c1-21(2)25-9-13-28-15-17-30-18-16-29-14-10-26-24(27)19-22-5-7-23(8-6-22)35-34-20-31-11-3-4-12-32-33/h5-8,21,25,33H,3-4,9-20H2,1-2H3,(H,26,27). The maximum Gasteiger partial charge on any atom is 0.224 e. The van der Waals surface area contributed by atoms with Crippen LogP contribution < -0.4 is 10.6 Å². The molecule has 0 heterocycles. The molecule has 2 N–H and O–H groups in total. The van der Waals surface area contributed by atoms with Crippen LogP contribution in [0.2, 0.25) is 0 Å². The number of hydrogen-bond acceptors (Lipinski definition) is 10. The van der Waals surface area contributed by atoms with Crippen LogP contribution in [-0.4, -0.2) is 83.8 Å². The van der Waals surface area contributed by atoms with E-state index in [0.29, 0.717) is 71.2 Å². The molecule has 0 unspecified atom stereocenters. The van der Waals surface area contributed by atoms with Gasteiger partial charge in [-0.3, -0.25) is 4.79 Å². The first-order valence-electron chi connectivity index (χ1n) is 12.1. The van der Waals surface area contributed by atoms with E-state index in [1.54, 1.807) is 21.6 Å². The molecule has 11 heteroatoms. The van der Waals surface area contributed by atoms with E-state index in [4.69, 9.17) is 23.1 Å². The molecule has 0 bridgehead atoms. The minimum atomic E-state index is -0.0135. The molecular weight excluding hydrogens is 508 g/mol. The van der Waals surface area contributed by atoms with E-state index < -0.39 is 0 Å². The Morgan fingerprint density at radius 1 is 0.857 bits per heavy atom. The molecule has 0 radical (unpaired) electrons. The summed E-state index contributed by atoms with van der Waals surface area (Å²) in [6, 6.07) is 8.50. The highest BCUT2D eigenvalue weighted by Crippen LogP contribution is 2.31. The first kappa shape index (κ1) is 32.5. The summed E-state index contributed by atoms with van der Waals surface area (Å²) in [6.07, 6.45) is 2.27. The predicted molar refractivity (Wildman–Crippen MR) is 147 cm³/mol. The molecule has 0 saturated carbocycles. The maximum absolute atomic E-state index is 12.1. The Hall–Kier alpha value is -0.500. The van der Waals surface area contributed by atoms with Crippen LogP contribution in [0.4, 0.5) is 0 Å². The molecule has 0 aliphatic rings. The molecule has 1 amide bonds. The Morgan fingerprint density at radius 2 is 1.49 bits per heavy atom. The maximum atomic E-state index is 12.1. The van der Waals surface area contributed by atoms with Crippen LogP contribution in [0.1, 0.15) is 32.3 Å². The Balaban J connectivity index is 1.94. The van der Waals surface area contributed by atoms with E-state index in [1.807, 2.05) is 24.3 Å². The van der Waals surface area contributed by atoms with Crippen LogP contribution in [-0.2, 0) is 34.3 Å². The van der Waals surface area contributed by atoms with Gasteiger partial charge < -0.3 is 33.8 Å². The zero-order valence-electron chi connectivity index (χ0n) is 21.0. The lowest BCUT2D eigenvalue weighted by Gasteiger charge is -2.09. The summed E-state index contributed by atoms with van der Waals surface area (Å²) in [5.74, 6) is 0.621. The van der Waals surface area contributed by atoms with E-state index in [9.17, 15) is 4.79 Å². The highest BCUT2D eigenvalue weighted by atomic mass is 33.1. The van der Waals surface area contributed by atoms with Gasteiger partial charge in [0.25, 0.3) is 0 Å². The van der Waals surface area contributed by atoms with Gasteiger partial charge in [-0.2, -0.15) is 0 Å². The number of benzene rings is 1. The van der Waals surface area contributed by atoms with Crippen molar-refractivity contribution in [1.82, 2.24) is 10.6 Å². The Labute approximate surface area is 224 Å². The summed E-state index contributed by atoms with van der Waals surface area (Å²) in [7, 11) is 3.32. The van der Waals surface area contributed by atoms with Gasteiger partial charge >= 0.3 is 0 Å². The van der Waals surface area contributed by atoms with Crippen LogP contribution in [0, 0.1) is 0 Å². The molecule has 0 spiro atoms. The van der Waals surface area contributed by atoms with Gasteiger partial charge in [-0.25, -0.2) is 0 Å². The molecule has 0 saturated heterocycles. The van der Waals surface area contributed by atoms with Crippen molar-refractivity contribution in [1.29, 1.82) is 0 Å². The number of ether oxygens (including phenoxy) is 4. The van der Waals surface area contributed by atoms with Gasteiger partial charge in [-0.05, 0) is 43.4 Å². The number of rotatable bonds is 24. The Bertz CT molecular complexity index is 626. The zero-order chi connectivity index (χ0) is 25.4. The summed E-state index contributed by atoms with van der Waals surface area (Å²) in [5, 5.41) is 6.17. The first-order valence-corrected chi connectivity index (χ1v) is 14.8. The third kappa shape index (κ3) is 21.3. The summed E-state index contributed by atoms with van der Waals surface area (Å²) >= 11 is 3.71. The van der Waals surface area contributed by atoms with Crippen molar-refractivity contribution in [3.05, 3.63) is 29.8 Å². The third-order valence-corrected chi connectivity index (χ3v) is 6.71. The molecule has 202 valence electrons. The number of unbranched alkanes of at least 4 members (excludes halogenated alkanes) is 1. The Morgan fingerprint density at radius 3 is 2.14 bits per heavy atom. The molecule has 35 heavy (non-hydrogen) atoms. The average Bonchev–Trinajstić information content (AvgIpc) is 2.84. The van der Waals surface area contributed by atoms with Crippen LogP contribution in [0.3, 0.4) is 0 Å². The Kier molecular flexibility index (Phi) is 22.2. The van der Waals surface area contributed by atoms with Crippen molar-refractivity contribution in [2.45, 2.75) is 44.0 Å². The van der Waals surface area contributed by atoms with Crippen molar-refractivity contribution in [3.8, 4) is 0 Å². The topological polar surface area (TPSA) is 87.3 Å². The highest BCUT2D eigenvalue weighted by molar-refractivity contribution is 8.76. The lowest BCUT2D eigenvalue weighted by atomic mass is 10.1. The summed E-state index contributed by atoms with van der Waals surface area (Å²) in [6.45, 7) is 10.2. The number of carbonyl (C=O) groups is 1. The third-order valence-electron chi connectivity index (χ3n) is 4.46. The molecule has 8 nitrogen and oxygen atoms in total. The molecule has 0 fully saturated rings. The number of nitrogens with one attached hydrogen (secondary N) is 2. The zero-order valence-corrected chi connectivity index (χ0v) is 23.5. The van der Waals surface area contributed by atoms with Gasteiger partial charge in [0, 0.05) is 30.6 Å². The van der Waals surface area contributed by atoms with E-state index >= 15 is 0 Å². The fourth-order valence-corrected chi connectivity index (χ4v) is 4.53. The largest absolute Gasteiger partial charge is 0.378 e. The molecule has 1 aromatic rings. The molecule has 1 aromatic carbocycles. The van der Waals surface area contributed by atoms with Gasteiger partial charge in [0.15, 0.2) is 0 Å². The lowest BCUT2D eigenvalue weighted by Crippen LogP contribution is -2.29. The quantitative estimate of drug-likeness (QED) is 0.0586. The first-order chi connectivity index (χ1) is 17.1. The fourth-order valence-electron chi connectivity index (χ4n) is 2.69. The van der Waals surface area contributed by atoms with Crippen LogP contribution >= 0.6 is 34.5 Å². The van der Waals surface area contributed by atoms with E-state index in [0.717, 1.165) is 36.5 Å². The molecule has 0 aliphatic carbocycles. The van der Waals surface area contributed by atoms with Crippen LogP contribution in [0.25, 0.3) is 0 Å². The second-order valence-electron chi connectivity index (χ2n) is 7.88. The fraction of sp³-hybridized carbons (Fsp3) is 0.708. The molecule has 0 atom stereocenters. The van der Waals surface area contributed by atoms with Crippen molar-refractivity contribution in [3.63, 3.8) is 0 Å². The number of hydrogen-bond donors (Lipinski definition) is 3. The smallest absolute Gasteiger partial charge is 0.224 e. The van der Waals surface area contributed by atoms with Gasteiger partial charge in [0.1, 0.15) is 5.94 Å². The molecule has 1 rings (SSSR count). The normalized spacial score (nSPS) is 11.3. The number of thiol groups is 1. The molecule has 0 aromatic heterocycles. The van der Waals surface area contributed by atoms with Crippen molar-refractivity contribution >= 4 is 40.4 Å². The minimum Gasteiger partial charge on any atom is -0.378 e. The lowest BCUT2D eigenvalue weighted by molar-refractivity contribution is -0.120. The molecular formula is C24H42N2O6S3. The van der Waals surface area contributed by atoms with E-state index in [-0.39, 0.29) is 5.91 Å². The predicted octanol–water partition coefficient (Wildman–Crippen LogP) is 3.75. The van der Waals surface area contributed by atoms with E-state index in [2.05, 4.69) is 37.4 Å². The molecule has 0 aliphatic heterocycles. The van der Waals surface area contributed by atoms with Crippen molar-refractivity contribution < 1.29 is 27.9 Å². The van der Waals surface area contributed by atoms with Gasteiger partial charge in [0.05, 0.1) is 52.7 Å².